The Hall–Kier alpha value is -3.07. The van der Waals surface area contributed by atoms with Crippen molar-refractivity contribution in [2.45, 2.75) is 56.1 Å². The molecule has 0 bridgehead atoms. The van der Waals surface area contributed by atoms with Gasteiger partial charge in [0.1, 0.15) is 6.10 Å². The Morgan fingerprint density at radius 1 is 1.15 bits per heavy atom. The number of amides is 1. The Kier molecular flexibility index (Phi) is 10.7. The zero-order valence-corrected chi connectivity index (χ0v) is 23.9. The summed E-state index contributed by atoms with van der Waals surface area (Å²) in [6, 6.07) is 14.5. The molecule has 41 heavy (non-hydrogen) atoms. The van der Waals surface area contributed by atoms with Gasteiger partial charge in [-0.1, -0.05) is 56.3 Å². The predicted octanol–water partition coefficient (Wildman–Crippen LogP) is 2.11. The van der Waals surface area contributed by atoms with Crippen LogP contribution in [0.3, 0.4) is 0 Å². The third-order valence-corrected chi connectivity index (χ3v) is 8.90. The molecule has 1 amide bonds. The van der Waals surface area contributed by atoms with E-state index in [1.54, 1.807) is 17.7 Å². The molecule has 224 valence electrons. The van der Waals surface area contributed by atoms with Crippen molar-refractivity contribution in [3.05, 3.63) is 65.7 Å². The van der Waals surface area contributed by atoms with Gasteiger partial charge in [-0.05, 0) is 42.0 Å². The number of benzene rings is 2. The van der Waals surface area contributed by atoms with Gasteiger partial charge in [0.05, 0.1) is 42.4 Å². The molecular weight excluding hydrogens is 552 g/mol. The third-order valence-electron chi connectivity index (χ3n) is 7.06. The molecule has 0 saturated carbocycles. The first-order chi connectivity index (χ1) is 19.7. The number of nitrogens with one attached hydrogen (secondary N) is 2. The number of carbonyl (C=O) groups excluding carboxylic acids is 1. The van der Waals surface area contributed by atoms with Crippen molar-refractivity contribution >= 4 is 22.3 Å². The lowest BCUT2D eigenvalue weighted by Crippen LogP contribution is -2.51. The summed E-state index contributed by atoms with van der Waals surface area (Å²) in [5.74, 6) is -0.0732. The Labute approximate surface area is 240 Å². The van der Waals surface area contributed by atoms with Gasteiger partial charge in [0, 0.05) is 13.1 Å². The lowest BCUT2D eigenvalue weighted by Gasteiger charge is -2.31. The molecule has 4 N–H and O–H groups in total. The fourth-order valence-electron chi connectivity index (χ4n) is 5.01. The van der Waals surface area contributed by atoms with E-state index in [0.717, 1.165) is 12.0 Å². The van der Waals surface area contributed by atoms with E-state index in [1.165, 1.54) is 22.7 Å². The number of carbonyl (C=O) groups is 1. The second-order valence-corrected chi connectivity index (χ2v) is 12.6. The Morgan fingerprint density at radius 2 is 1.88 bits per heavy atom. The van der Waals surface area contributed by atoms with E-state index in [1.807, 2.05) is 44.2 Å². The molecule has 5 atom stereocenters. The number of hydrazone groups is 1. The first kappa shape index (κ1) is 30.9. The number of alkyl carbamates (subject to hydrolysis) is 1. The van der Waals surface area contributed by atoms with Gasteiger partial charge in [0.15, 0.2) is 6.29 Å². The molecule has 0 unspecified atom stereocenters. The average Bonchev–Trinajstić information content (AvgIpc) is 3.57. The van der Waals surface area contributed by atoms with E-state index >= 15 is 0 Å². The highest BCUT2D eigenvalue weighted by Crippen LogP contribution is 2.33. The highest BCUT2D eigenvalue weighted by atomic mass is 32.2. The highest BCUT2D eigenvalue weighted by Gasteiger charge is 2.44. The van der Waals surface area contributed by atoms with Crippen molar-refractivity contribution in [3.63, 3.8) is 0 Å². The van der Waals surface area contributed by atoms with Crippen LogP contribution in [0.15, 0.2) is 64.6 Å². The number of sulfonamides is 1. The van der Waals surface area contributed by atoms with E-state index in [0.29, 0.717) is 12.2 Å². The minimum atomic E-state index is -4.00. The summed E-state index contributed by atoms with van der Waals surface area (Å²) >= 11 is 0. The summed E-state index contributed by atoms with van der Waals surface area (Å²) in [4.78, 5) is 13.0. The van der Waals surface area contributed by atoms with Gasteiger partial charge in [0.25, 0.3) is 0 Å². The maximum atomic E-state index is 13.7. The van der Waals surface area contributed by atoms with Crippen molar-refractivity contribution < 1.29 is 37.7 Å². The second-order valence-electron chi connectivity index (χ2n) is 10.6. The molecule has 2 heterocycles. The molecule has 2 aliphatic rings. The van der Waals surface area contributed by atoms with Crippen molar-refractivity contribution in [2.75, 3.05) is 26.3 Å². The lowest BCUT2D eigenvalue weighted by molar-refractivity contribution is -0.0907. The fraction of sp³-hybridized carbons (Fsp3) is 0.500. The van der Waals surface area contributed by atoms with Crippen LogP contribution in [0.1, 0.15) is 31.4 Å². The molecule has 13 heteroatoms. The number of nitrogens with zero attached hydrogens (tertiary/aromatic N) is 2. The number of hydrogen-bond donors (Lipinski definition) is 4. The quantitative estimate of drug-likeness (QED) is 0.202. The van der Waals surface area contributed by atoms with Crippen LogP contribution in [0.5, 0.6) is 0 Å². The van der Waals surface area contributed by atoms with Gasteiger partial charge in [-0.15, -0.1) is 0 Å². The maximum Gasteiger partial charge on any atom is 0.407 e. The lowest BCUT2D eigenvalue weighted by atomic mass is 10.0. The number of aliphatic hydroxyl groups is 1. The number of ether oxygens (including phenoxy) is 3. The summed E-state index contributed by atoms with van der Waals surface area (Å²) in [5.41, 5.74) is 3.10. The fourth-order valence-corrected chi connectivity index (χ4v) is 6.64. The van der Waals surface area contributed by atoms with Gasteiger partial charge in [0.2, 0.25) is 10.0 Å². The molecular formula is C28H38N4O8S. The molecule has 0 spiro atoms. The van der Waals surface area contributed by atoms with E-state index in [-0.39, 0.29) is 49.1 Å². The van der Waals surface area contributed by atoms with Crippen molar-refractivity contribution in [1.82, 2.24) is 15.2 Å². The summed E-state index contributed by atoms with van der Waals surface area (Å²) in [7, 11) is -4.00. The molecule has 0 aliphatic carbocycles. The van der Waals surface area contributed by atoms with Gasteiger partial charge in [-0.3, -0.25) is 5.21 Å². The van der Waals surface area contributed by atoms with Gasteiger partial charge < -0.3 is 24.6 Å². The van der Waals surface area contributed by atoms with Crippen molar-refractivity contribution in [1.29, 1.82) is 0 Å². The van der Waals surface area contributed by atoms with E-state index in [4.69, 9.17) is 19.4 Å². The van der Waals surface area contributed by atoms with E-state index in [2.05, 4.69) is 10.4 Å². The second kappa shape index (κ2) is 14.2. The smallest absolute Gasteiger partial charge is 0.407 e. The zero-order valence-electron chi connectivity index (χ0n) is 23.1. The monoisotopic (exact) mass is 590 g/mol. The number of hydrogen-bond acceptors (Lipinski definition) is 10. The molecule has 2 aliphatic heterocycles. The van der Waals surface area contributed by atoms with Gasteiger partial charge in [-0.2, -0.15) is 15.0 Å². The summed E-state index contributed by atoms with van der Waals surface area (Å²) in [5, 5.41) is 26.3. The minimum absolute atomic E-state index is 0.0338. The van der Waals surface area contributed by atoms with Gasteiger partial charge >= 0.3 is 6.09 Å². The van der Waals surface area contributed by atoms with Crippen LogP contribution in [0.25, 0.3) is 0 Å². The van der Waals surface area contributed by atoms with Gasteiger partial charge in [-0.25, -0.2) is 13.2 Å². The topological polar surface area (TPSA) is 159 Å². The largest absolute Gasteiger partial charge is 0.443 e. The molecule has 2 aromatic rings. The third kappa shape index (κ3) is 8.24. The molecule has 2 saturated heterocycles. The molecule has 4 rings (SSSR count). The average molecular weight is 591 g/mol. The van der Waals surface area contributed by atoms with Crippen LogP contribution in [0, 0.1) is 11.8 Å². The summed E-state index contributed by atoms with van der Waals surface area (Å²) < 4.78 is 45.3. The zero-order chi connectivity index (χ0) is 29.4. The molecule has 0 aromatic heterocycles. The Bertz CT molecular complexity index is 1260. The number of fused-ring (bicyclic) bond motifs is 1. The van der Waals surface area contributed by atoms with Crippen LogP contribution in [-0.4, -0.2) is 86.2 Å². The normalized spacial score (nSPS) is 22.1. The number of aliphatic hydroxyl groups excluding tert-OH is 1. The highest BCUT2D eigenvalue weighted by molar-refractivity contribution is 7.89. The first-order valence-corrected chi connectivity index (χ1v) is 15.1. The van der Waals surface area contributed by atoms with E-state index < -0.39 is 34.4 Å². The minimum Gasteiger partial charge on any atom is -0.443 e. The summed E-state index contributed by atoms with van der Waals surface area (Å²) in [6.45, 7) is 4.45. The van der Waals surface area contributed by atoms with Crippen molar-refractivity contribution in [3.8, 4) is 0 Å². The summed E-state index contributed by atoms with van der Waals surface area (Å²) in [6.07, 6.45) is -0.470. The van der Waals surface area contributed by atoms with E-state index in [9.17, 15) is 18.3 Å². The molecule has 2 fully saturated rings. The number of rotatable bonds is 13. The molecule has 12 nitrogen and oxygen atoms in total. The maximum absolute atomic E-state index is 13.7. The van der Waals surface area contributed by atoms with Crippen LogP contribution >= 0.6 is 0 Å². The standard InChI is InChI=1S/C28H38N4O8S/c1-19(2)16-32(41(36,37)22-10-8-21(9-11-22)15-29-31-35)17-25(33)24(14-20-6-4-3-5-7-20)30-28(34)40-26-18-39-27-23(26)12-13-38-27/h3-11,15,19,23-27,31,33,35H,12-14,16-18H2,1-2H3,(H,30,34)/t23-,24-,25+,26-,27+/m0/s1. The first-order valence-electron chi connectivity index (χ1n) is 13.6. The SMILES string of the molecule is CC(C)CN(C[C@@H](O)[C@H](Cc1ccccc1)NC(=O)O[C@H]1CO[C@H]2OCC[C@H]21)S(=O)(=O)c1ccc(C=NNO)cc1. The Morgan fingerprint density at radius 3 is 2.56 bits per heavy atom. The molecule has 0 radical (unpaired) electrons. The Balaban J connectivity index is 1.51. The van der Waals surface area contributed by atoms with Crippen molar-refractivity contribution in [2.24, 2.45) is 16.9 Å². The van der Waals surface area contributed by atoms with Crippen LogP contribution in [-0.2, 0) is 30.7 Å². The molecule has 2 aromatic carbocycles. The predicted molar refractivity (Wildman–Crippen MR) is 150 cm³/mol. The van der Waals surface area contributed by atoms with Crippen LogP contribution in [0.2, 0.25) is 0 Å². The van der Waals surface area contributed by atoms with Crippen LogP contribution < -0.4 is 10.9 Å². The van der Waals surface area contributed by atoms with Crippen LogP contribution in [0.4, 0.5) is 4.79 Å².